The van der Waals surface area contributed by atoms with Gasteiger partial charge in [0.1, 0.15) is 18.1 Å². The Balaban J connectivity index is 4.81. The molecule has 9 heteroatoms. The second kappa shape index (κ2) is 10.9. The predicted octanol–water partition coefficient (Wildman–Crippen LogP) is -1.85. The van der Waals surface area contributed by atoms with Crippen molar-refractivity contribution in [1.82, 2.24) is 10.6 Å². The van der Waals surface area contributed by atoms with Crippen molar-refractivity contribution >= 4 is 17.8 Å². The zero-order valence-corrected chi connectivity index (χ0v) is 13.6. The van der Waals surface area contributed by atoms with E-state index in [-0.39, 0.29) is 12.3 Å². The van der Waals surface area contributed by atoms with Crippen molar-refractivity contribution in [3.8, 4) is 0 Å². The molecule has 134 valence electrons. The third-order valence-electron chi connectivity index (χ3n) is 3.34. The summed E-state index contributed by atoms with van der Waals surface area (Å²) < 4.78 is 0. The first-order valence-corrected chi connectivity index (χ1v) is 7.64. The Morgan fingerprint density at radius 3 is 2.13 bits per heavy atom. The molecule has 0 fully saturated rings. The lowest BCUT2D eigenvalue weighted by Gasteiger charge is -2.25. The van der Waals surface area contributed by atoms with Crippen molar-refractivity contribution < 1.29 is 24.6 Å². The first-order valence-electron chi connectivity index (χ1n) is 7.64. The number of unbranched alkanes of at least 4 members (excludes halogenated alkanes) is 1. The summed E-state index contributed by atoms with van der Waals surface area (Å²) in [5.41, 5.74) is 10.8. The van der Waals surface area contributed by atoms with Crippen molar-refractivity contribution in [3.63, 3.8) is 0 Å². The van der Waals surface area contributed by atoms with Gasteiger partial charge in [-0.05, 0) is 31.7 Å². The van der Waals surface area contributed by atoms with Gasteiger partial charge in [-0.1, -0.05) is 13.8 Å². The maximum Gasteiger partial charge on any atom is 0.326 e. The molecule has 0 radical (unpaired) electrons. The number of carbonyl (C=O) groups excluding carboxylic acids is 2. The van der Waals surface area contributed by atoms with Crippen molar-refractivity contribution in [1.29, 1.82) is 0 Å². The average molecular weight is 332 g/mol. The molecule has 23 heavy (non-hydrogen) atoms. The number of carbonyl (C=O) groups is 3. The van der Waals surface area contributed by atoms with E-state index in [1.165, 1.54) is 0 Å². The van der Waals surface area contributed by atoms with E-state index < -0.39 is 42.5 Å². The Labute approximate surface area is 135 Å². The molecule has 3 atom stereocenters. The van der Waals surface area contributed by atoms with Crippen molar-refractivity contribution in [2.24, 2.45) is 17.4 Å². The van der Waals surface area contributed by atoms with Gasteiger partial charge in [-0.3, -0.25) is 9.59 Å². The highest BCUT2D eigenvalue weighted by molar-refractivity contribution is 5.91. The van der Waals surface area contributed by atoms with Crippen molar-refractivity contribution in [2.45, 2.75) is 51.2 Å². The van der Waals surface area contributed by atoms with Crippen LogP contribution in [0.5, 0.6) is 0 Å². The van der Waals surface area contributed by atoms with E-state index >= 15 is 0 Å². The quantitative estimate of drug-likeness (QED) is 0.241. The molecule has 0 unspecified atom stereocenters. The Kier molecular flexibility index (Phi) is 10.1. The zero-order chi connectivity index (χ0) is 18.0. The molecule has 0 aliphatic rings. The number of hydrogen-bond acceptors (Lipinski definition) is 6. The number of amides is 2. The third kappa shape index (κ3) is 7.91. The third-order valence-corrected chi connectivity index (χ3v) is 3.34. The van der Waals surface area contributed by atoms with Crippen LogP contribution in [0.3, 0.4) is 0 Å². The summed E-state index contributed by atoms with van der Waals surface area (Å²) in [6.07, 6.45) is 1.49. The van der Waals surface area contributed by atoms with Crippen molar-refractivity contribution in [3.05, 3.63) is 0 Å². The minimum atomic E-state index is -1.14. The van der Waals surface area contributed by atoms with Crippen LogP contribution in [-0.2, 0) is 14.4 Å². The van der Waals surface area contributed by atoms with E-state index in [2.05, 4.69) is 10.6 Å². The van der Waals surface area contributed by atoms with Gasteiger partial charge >= 0.3 is 5.97 Å². The summed E-state index contributed by atoms with van der Waals surface area (Å²) in [6, 6.07) is -3.11. The molecule has 0 aliphatic heterocycles. The van der Waals surface area contributed by atoms with E-state index in [0.717, 1.165) is 0 Å². The van der Waals surface area contributed by atoms with Gasteiger partial charge in [0.05, 0.1) is 6.61 Å². The average Bonchev–Trinajstić information content (AvgIpc) is 2.49. The van der Waals surface area contributed by atoms with E-state index in [4.69, 9.17) is 21.7 Å². The van der Waals surface area contributed by atoms with E-state index in [1.54, 1.807) is 13.8 Å². The van der Waals surface area contributed by atoms with Crippen LogP contribution < -0.4 is 22.1 Å². The minimum Gasteiger partial charge on any atom is -0.480 e. The van der Waals surface area contributed by atoms with Crippen LogP contribution in [0.1, 0.15) is 33.1 Å². The SMILES string of the molecule is CC(C)[C@H](NC(=O)[C@@H](N)CO)C(=O)N[C@@H](CCCCN)C(=O)O. The van der Waals surface area contributed by atoms with Crippen LogP contribution in [0.2, 0.25) is 0 Å². The fraction of sp³-hybridized carbons (Fsp3) is 0.786. The van der Waals surface area contributed by atoms with Crippen LogP contribution in [0.25, 0.3) is 0 Å². The van der Waals surface area contributed by atoms with Crippen LogP contribution in [0, 0.1) is 5.92 Å². The molecule has 0 heterocycles. The lowest BCUT2D eigenvalue weighted by molar-refractivity contribution is -0.142. The lowest BCUT2D eigenvalue weighted by atomic mass is 10.0. The molecule has 8 N–H and O–H groups in total. The molecular weight excluding hydrogens is 304 g/mol. The second-order valence-corrected chi connectivity index (χ2v) is 5.70. The van der Waals surface area contributed by atoms with E-state index in [9.17, 15) is 14.4 Å². The van der Waals surface area contributed by atoms with Gasteiger partial charge in [-0.15, -0.1) is 0 Å². The van der Waals surface area contributed by atoms with E-state index in [0.29, 0.717) is 19.4 Å². The Morgan fingerprint density at radius 2 is 1.70 bits per heavy atom. The van der Waals surface area contributed by atoms with Gasteiger partial charge in [-0.25, -0.2) is 4.79 Å². The lowest BCUT2D eigenvalue weighted by Crippen LogP contribution is -2.56. The number of nitrogens with two attached hydrogens (primary N) is 2. The number of rotatable bonds is 11. The van der Waals surface area contributed by atoms with Gasteiger partial charge in [0.2, 0.25) is 11.8 Å². The molecule has 0 saturated heterocycles. The maximum atomic E-state index is 12.3. The maximum absolute atomic E-state index is 12.3. The smallest absolute Gasteiger partial charge is 0.326 e. The van der Waals surface area contributed by atoms with Gasteiger partial charge in [0.15, 0.2) is 0 Å². The summed E-state index contributed by atoms with van der Waals surface area (Å²) in [6.45, 7) is 3.32. The predicted molar refractivity (Wildman–Crippen MR) is 84.3 cm³/mol. The van der Waals surface area contributed by atoms with Crippen molar-refractivity contribution in [2.75, 3.05) is 13.2 Å². The van der Waals surface area contributed by atoms with Crippen LogP contribution in [-0.4, -0.2) is 59.3 Å². The molecule has 0 aliphatic carbocycles. The largest absolute Gasteiger partial charge is 0.480 e. The van der Waals surface area contributed by atoms with E-state index in [1.807, 2.05) is 0 Å². The first kappa shape index (κ1) is 21.3. The fourth-order valence-corrected chi connectivity index (χ4v) is 1.89. The number of carboxylic acid groups (broad SMARTS) is 1. The molecule has 0 bridgehead atoms. The summed E-state index contributed by atoms with van der Waals surface area (Å²) in [4.78, 5) is 35.2. The minimum absolute atomic E-state index is 0.257. The number of aliphatic hydroxyl groups excluding tert-OH is 1. The van der Waals surface area contributed by atoms with Crippen LogP contribution in [0.4, 0.5) is 0 Å². The normalized spacial score (nSPS) is 14.9. The Morgan fingerprint density at radius 1 is 1.09 bits per heavy atom. The monoisotopic (exact) mass is 332 g/mol. The molecule has 0 aromatic carbocycles. The highest BCUT2D eigenvalue weighted by Gasteiger charge is 2.29. The number of carboxylic acids is 1. The molecule has 9 nitrogen and oxygen atoms in total. The van der Waals surface area contributed by atoms with Gasteiger partial charge in [0.25, 0.3) is 0 Å². The van der Waals surface area contributed by atoms with Gasteiger partial charge < -0.3 is 32.3 Å². The molecule has 0 aromatic heterocycles. The summed E-state index contributed by atoms with van der Waals surface area (Å²) in [5.74, 6) is -2.69. The fourth-order valence-electron chi connectivity index (χ4n) is 1.89. The molecule has 0 saturated carbocycles. The number of nitrogens with one attached hydrogen (secondary N) is 2. The topological polar surface area (TPSA) is 168 Å². The van der Waals surface area contributed by atoms with Gasteiger partial charge in [0, 0.05) is 0 Å². The molecule has 0 rings (SSSR count). The summed E-state index contributed by atoms with van der Waals surface area (Å²) in [5, 5.41) is 22.9. The Hall–Kier alpha value is -1.71. The zero-order valence-electron chi connectivity index (χ0n) is 13.6. The second-order valence-electron chi connectivity index (χ2n) is 5.70. The van der Waals surface area contributed by atoms with Gasteiger partial charge in [-0.2, -0.15) is 0 Å². The summed E-state index contributed by atoms with van der Waals surface area (Å²) >= 11 is 0. The highest BCUT2D eigenvalue weighted by Crippen LogP contribution is 2.06. The Bertz CT molecular complexity index is 403. The number of aliphatic carboxylic acids is 1. The number of aliphatic hydroxyl groups is 1. The summed E-state index contributed by atoms with van der Waals surface area (Å²) in [7, 11) is 0. The van der Waals surface area contributed by atoms with Crippen LogP contribution in [0.15, 0.2) is 0 Å². The van der Waals surface area contributed by atoms with Crippen LogP contribution >= 0.6 is 0 Å². The standard InChI is InChI=1S/C14H28N4O5/c1-8(2)11(18-12(20)9(16)7-19)13(21)17-10(14(22)23)5-3-4-6-15/h8-11,19H,3-7,15-16H2,1-2H3,(H,17,21)(H,18,20)(H,22,23)/t9-,10-,11-/m0/s1. The highest BCUT2D eigenvalue weighted by atomic mass is 16.4. The number of hydrogen-bond donors (Lipinski definition) is 6. The molecule has 0 aromatic rings. The molecule has 2 amide bonds. The first-order chi connectivity index (χ1) is 10.7. The molecular formula is C14H28N4O5. The molecule has 0 spiro atoms.